The summed E-state index contributed by atoms with van der Waals surface area (Å²) in [6.07, 6.45) is -7.07. The summed E-state index contributed by atoms with van der Waals surface area (Å²) in [5.74, 6) is -1.09. The Morgan fingerprint density at radius 3 is 2.38 bits per heavy atom. The molecule has 0 saturated heterocycles. The number of halogens is 6. The van der Waals surface area contributed by atoms with Gasteiger partial charge in [-0.15, -0.1) is 0 Å². The van der Waals surface area contributed by atoms with Gasteiger partial charge in [-0.2, -0.15) is 5.10 Å². The predicted octanol–water partition coefficient (Wildman–Crippen LogP) is 5.33. The van der Waals surface area contributed by atoms with E-state index in [4.69, 9.17) is 0 Å². The first kappa shape index (κ1) is 20.4. The summed E-state index contributed by atoms with van der Waals surface area (Å²) in [5, 5.41) is 5.83. The second-order valence-corrected chi connectivity index (χ2v) is 5.74. The van der Waals surface area contributed by atoms with Gasteiger partial charge < -0.3 is 5.32 Å². The highest BCUT2D eigenvalue weighted by molar-refractivity contribution is 6.05. The molecule has 0 saturated carbocycles. The number of alkyl halides is 6. The molecule has 1 aromatic carbocycles. The number of pyridine rings is 1. The van der Waals surface area contributed by atoms with Crippen molar-refractivity contribution in [2.45, 2.75) is 19.3 Å². The average molecular weight is 414 g/mol. The van der Waals surface area contributed by atoms with Gasteiger partial charge in [-0.05, 0) is 24.3 Å². The van der Waals surface area contributed by atoms with E-state index in [-0.39, 0.29) is 5.69 Å². The third kappa shape index (κ3) is 4.23. The van der Waals surface area contributed by atoms with E-state index in [1.54, 1.807) is 0 Å². The lowest BCUT2D eigenvalue weighted by Crippen LogP contribution is -2.16. The van der Waals surface area contributed by atoms with E-state index < -0.39 is 53.4 Å². The van der Waals surface area contributed by atoms with E-state index in [2.05, 4.69) is 15.4 Å². The normalized spacial score (nSPS) is 11.5. The lowest BCUT2D eigenvalue weighted by Gasteiger charge is -2.12. The first-order valence-corrected chi connectivity index (χ1v) is 8.08. The number of nitrogens with one attached hydrogen (secondary N) is 1. The van der Waals surface area contributed by atoms with Crippen LogP contribution in [0.3, 0.4) is 0 Å². The summed E-state index contributed by atoms with van der Waals surface area (Å²) in [5.41, 5.74) is -3.01. The highest BCUT2D eigenvalue weighted by atomic mass is 19.3. The van der Waals surface area contributed by atoms with Crippen LogP contribution in [0.4, 0.5) is 32.0 Å². The lowest BCUT2D eigenvalue weighted by molar-refractivity contribution is 0.100. The minimum absolute atomic E-state index is 0.0757. The zero-order valence-corrected chi connectivity index (χ0v) is 14.4. The summed E-state index contributed by atoms with van der Waals surface area (Å²) < 4.78 is 79.8. The Bertz CT molecular complexity index is 1020. The van der Waals surface area contributed by atoms with Gasteiger partial charge in [0.2, 0.25) is 0 Å². The zero-order valence-electron chi connectivity index (χ0n) is 14.4. The quantitative estimate of drug-likeness (QED) is 0.555. The van der Waals surface area contributed by atoms with Crippen LogP contribution in [-0.2, 0) is 0 Å². The van der Waals surface area contributed by atoms with Crippen LogP contribution in [0.5, 0.6) is 0 Å². The minimum atomic E-state index is -3.15. The Balaban J connectivity index is 1.98. The van der Waals surface area contributed by atoms with Crippen molar-refractivity contribution in [1.82, 2.24) is 14.8 Å². The number of carbonyl (C=O) groups excluding carboxylic acids is 1. The number of amides is 1. The third-order valence-electron chi connectivity index (χ3n) is 3.92. The second kappa shape index (κ2) is 8.33. The van der Waals surface area contributed by atoms with Crippen LogP contribution in [0.15, 0.2) is 48.8 Å². The summed E-state index contributed by atoms with van der Waals surface area (Å²) in [6, 6.07) is 6.95. The Morgan fingerprint density at radius 1 is 0.966 bits per heavy atom. The van der Waals surface area contributed by atoms with Gasteiger partial charge in [0.05, 0.1) is 23.1 Å². The van der Waals surface area contributed by atoms with Crippen LogP contribution >= 0.6 is 0 Å². The van der Waals surface area contributed by atoms with Crippen molar-refractivity contribution in [1.29, 1.82) is 0 Å². The van der Waals surface area contributed by atoms with Crippen LogP contribution in [0, 0.1) is 0 Å². The molecule has 3 rings (SSSR count). The molecule has 0 aliphatic rings. The first-order valence-electron chi connectivity index (χ1n) is 8.08. The van der Waals surface area contributed by atoms with Gasteiger partial charge in [0.15, 0.2) is 0 Å². The van der Waals surface area contributed by atoms with Gasteiger partial charge in [0.25, 0.3) is 25.2 Å². The molecular weight excluding hydrogens is 402 g/mol. The van der Waals surface area contributed by atoms with E-state index in [9.17, 15) is 31.1 Å². The topological polar surface area (TPSA) is 59.8 Å². The van der Waals surface area contributed by atoms with E-state index in [1.807, 2.05) is 0 Å². The first-order chi connectivity index (χ1) is 13.8. The number of hydrogen-bond donors (Lipinski definition) is 1. The van der Waals surface area contributed by atoms with Gasteiger partial charge >= 0.3 is 0 Å². The fourth-order valence-corrected chi connectivity index (χ4v) is 2.64. The second-order valence-electron chi connectivity index (χ2n) is 5.74. The van der Waals surface area contributed by atoms with Crippen LogP contribution in [0.2, 0.25) is 0 Å². The largest absolute Gasteiger partial charge is 0.319 e. The fraction of sp³-hybridized carbons (Fsp3) is 0.167. The van der Waals surface area contributed by atoms with E-state index in [1.165, 1.54) is 18.2 Å². The Labute approximate surface area is 160 Å². The van der Waals surface area contributed by atoms with E-state index in [0.29, 0.717) is 4.68 Å². The summed E-state index contributed by atoms with van der Waals surface area (Å²) in [7, 11) is 0. The SMILES string of the molecule is O=C(Nc1cnn(-c2cccc(C(F)F)c2)c1C(F)F)c1cccnc1C(F)F. The molecule has 5 nitrogen and oxygen atoms in total. The fourth-order valence-electron chi connectivity index (χ4n) is 2.64. The predicted molar refractivity (Wildman–Crippen MR) is 90.6 cm³/mol. The molecule has 2 aromatic heterocycles. The summed E-state index contributed by atoms with van der Waals surface area (Å²) in [4.78, 5) is 15.8. The maximum atomic E-state index is 13.6. The van der Waals surface area contributed by atoms with Gasteiger partial charge in [-0.25, -0.2) is 31.0 Å². The molecule has 0 bridgehead atoms. The molecule has 0 spiro atoms. The van der Waals surface area contributed by atoms with Gasteiger partial charge in [0, 0.05) is 11.8 Å². The van der Waals surface area contributed by atoms with Crippen molar-refractivity contribution in [3.05, 3.63) is 71.3 Å². The van der Waals surface area contributed by atoms with Crippen LogP contribution < -0.4 is 5.32 Å². The van der Waals surface area contributed by atoms with Crippen molar-refractivity contribution in [3.8, 4) is 5.69 Å². The number of carbonyl (C=O) groups is 1. The number of benzene rings is 1. The highest BCUT2D eigenvalue weighted by Crippen LogP contribution is 2.31. The minimum Gasteiger partial charge on any atom is -0.319 e. The zero-order chi connectivity index (χ0) is 21.1. The Morgan fingerprint density at radius 2 is 1.72 bits per heavy atom. The molecule has 0 aliphatic heterocycles. The lowest BCUT2D eigenvalue weighted by atomic mass is 10.1. The molecule has 0 radical (unpaired) electrons. The summed E-state index contributed by atoms with van der Waals surface area (Å²) in [6.45, 7) is 0. The molecule has 0 aliphatic carbocycles. The molecule has 2 heterocycles. The van der Waals surface area contributed by atoms with Crippen molar-refractivity contribution in [2.24, 2.45) is 0 Å². The standard InChI is InChI=1S/C18H12F6N4O/c19-15(20)9-3-1-4-10(7-9)28-14(17(23)24)12(8-26-28)27-18(29)11-5-2-6-25-13(11)16(21)22/h1-8,15-17H,(H,27,29). The number of nitrogens with zero attached hydrogens (tertiary/aromatic N) is 3. The number of aromatic nitrogens is 3. The molecule has 3 aromatic rings. The summed E-state index contributed by atoms with van der Waals surface area (Å²) >= 11 is 0. The monoisotopic (exact) mass is 414 g/mol. The molecule has 0 atom stereocenters. The smallest absolute Gasteiger partial charge is 0.282 e. The maximum absolute atomic E-state index is 13.6. The molecule has 1 N–H and O–H groups in total. The van der Waals surface area contributed by atoms with E-state index in [0.717, 1.165) is 30.6 Å². The molecule has 1 amide bonds. The molecule has 0 fully saturated rings. The Kier molecular flexibility index (Phi) is 5.85. The Hall–Kier alpha value is -3.37. The van der Waals surface area contributed by atoms with Gasteiger partial charge in [-0.3, -0.25) is 9.78 Å². The van der Waals surface area contributed by atoms with Gasteiger partial charge in [-0.1, -0.05) is 12.1 Å². The van der Waals surface area contributed by atoms with Crippen LogP contribution in [0.25, 0.3) is 5.69 Å². The highest BCUT2D eigenvalue weighted by Gasteiger charge is 2.25. The third-order valence-corrected chi connectivity index (χ3v) is 3.92. The van der Waals surface area contributed by atoms with Crippen molar-refractivity contribution in [2.75, 3.05) is 5.32 Å². The number of hydrogen-bond acceptors (Lipinski definition) is 3. The average Bonchev–Trinajstić information content (AvgIpc) is 3.11. The molecule has 29 heavy (non-hydrogen) atoms. The van der Waals surface area contributed by atoms with Crippen molar-refractivity contribution >= 4 is 11.6 Å². The molecule has 0 unspecified atom stereocenters. The van der Waals surface area contributed by atoms with Crippen molar-refractivity contribution in [3.63, 3.8) is 0 Å². The van der Waals surface area contributed by atoms with Crippen LogP contribution in [0.1, 0.15) is 46.6 Å². The molecule has 11 heteroatoms. The number of anilines is 1. The maximum Gasteiger partial charge on any atom is 0.282 e. The van der Waals surface area contributed by atoms with Crippen molar-refractivity contribution < 1.29 is 31.1 Å². The van der Waals surface area contributed by atoms with Gasteiger partial charge in [0.1, 0.15) is 11.4 Å². The van der Waals surface area contributed by atoms with Crippen LogP contribution in [-0.4, -0.2) is 20.7 Å². The molecular formula is C18H12F6N4O. The molecule has 152 valence electrons. The number of rotatable bonds is 6. The van der Waals surface area contributed by atoms with E-state index >= 15 is 0 Å².